The van der Waals surface area contributed by atoms with Gasteiger partial charge in [0.05, 0.1) is 18.9 Å². The van der Waals surface area contributed by atoms with E-state index in [0.29, 0.717) is 0 Å². The molecule has 0 fully saturated rings. The maximum atomic E-state index is 13.0. The molecule has 3 rings (SSSR count). The number of ether oxygens (including phenoxy) is 2. The van der Waals surface area contributed by atoms with Crippen LogP contribution in [0.3, 0.4) is 0 Å². The maximum absolute atomic E-state index is 13.0. The number of allylic oxidation sites excluding steroid dienone is 3. The summed E-state index contributed by atoms with van der Waals surface area (Å²) in [5.74, 6) is -1.16. The summed E-state index contributed by atoms with van der Waals surface area (Å²) in [5, 5.41) is 3.23. The molecule has 0 heterocycles. The molecule has 0 bridgehead atoms. The number of esters is 2. The van der Waals surface area contributed by atoms with Crippen LogP contribution < -0.4 is 5.32 Å². The second-order valence-corrected chi connectivity index (χ2v) is 7.42. The molecule has 0 spiro atoms. The third-order valence-electron chi connectivity index (χ3n) is 5.05. The Kier molecular flexibility index (Phi) is 7.97. The summed E-state index contributed by atoms with van der Waals surface area (Å²) in [6.07, 6.45) is 5.77. The van der Waals surface area contributed by atoms with Crippen LogP contribution in [0.5, 0.6) is 0 Å². The minimum absolute atomic E-state index is 0.156. The highest BCUT2D eigenvalue weighted by atomic mass is 16.6. The molecule has 0 aromatic heterocycles. The maximum Gasteiger partial charge on any atom is 0.324 e. The number of nitrogens with zero attached hydrogens (tertiary/aromatic N) is 1. The Balaban J connectivity index is 1.99. The molecule has 6 heteroatoms. The Morgan fingerprint density at radius 3 is 2.12 bits per heavy atom. The normalized spacial score (nSPS) is 16.4. The number of para-hydroxylation sites is 2. The van der Waals surface area contributed by atoms with Gasteiger partial charge in [0.15, 0.2) is 5.41 Å². The largest absolute Gasteiger partial charge is 0.465 e. The summed E-state index contributed by atoms with van der Waals surface area (Å²) >= 11 is 0. The van der Waals surface area contributed by atoms with Crippen molar-refractivity contribution in [3.05, 3.63) is 84.1 Å². The fourth-order valence-corrected chi connectivity index (χ4v) is 3.57. The van der Waals surface area contributed by atoms with Gasteiger partial charge in [-0.2, -0.15) is 0 Å². The first-order valence-corrected chi connectivity index (χ1v) is 10.7. The SMILES string of the molecule is CCOC(=O)C1(C(=O)OCC)CC(/C=N\c2ccccc2)=CC(=C/Nc2ccccc2)/C1. The number of nitrogens with one attached hydrogen (secondary N) is 1. The van der Waals surface area contributed by atoms with E-state index in [2.05, 4.69) is 10.3 Å². The number of rotatable bonds is 8. The van der Waals surface area contributed by atoms with Crippen molar-refractivity contribution >= 4 is 29.5 Å². The molecule has 0 amide bonds. The Morgan fingerprint density at radius 1 is 0.938 bits per heavy atom. The smallest absolute Gasteiger partial charge is 0.324 e. The molecule has 32 heavy (non-hydrogen) atoms. The summed E-state index contributed by atoms with van der Waals surface area (Å²) in [5.41, 5.74) is 1.74. The molecule has 2 aromatic carbocycles. The first kappa shape index (κ1) is 23.0. The van der Waals surface area contributed by atoms with E-state index in [1.54, 1.807) is 26.3 Å². The van der Waals surface area contributed by atoms with Crippen LogP contribution in [-0.2, 0) is 19.1 Å². The summed E-state index contributed by atoms with van der Waals surface area (Å²) in [6, 6.07) is 19.2. The van der Waals surface area contributed by atoms with Gasteiger partial charge in [-0.1, -0.05) is 42.5 Å². The van der Waals surface area contributed by atoms with Crippen LogP contribution in [-0.4, -0.2) is 31.4 Å². The fraction of sp³-hybridized carbons (Fsp3) is 0.269. The van der Waals surface area contributed by atoms with E-state index in [9.17, 15) is 9.59 Å². The van der Waals surface area contributed by atoms with E-state index >= 15 is 0 Å². The highest BCUT2D eigenvalue weighted by molar-refractivity contribution is 6.02. The molecule has 0 atom stereocenters. The zero-order chi connectivity index (χ0) is 22.8. The molecule has 1 aliphatic carbocycles. The van der Waals surface area contributed by atoms with E-state index in [4.69, 9.17) is 9.47 Å². The summed E-state index contributed by atoms with van der Waals surface area (Å²) in [7, 11) is 0. The Morgan fingerprint density at radius 2 is 1.53 bits per heavy atom. The van der Waals surface area contributed by atoms with E-state index in [-0.39, 0.29) is 26.1 Å². The van der Waals surface area contributed by atoms with Crippen LogP contribution in [0.15, 0.2) is 89.1 Å². The second kappa shape index (κ2) is 11.1. The highest BCUT2D eigenvalue weighted by Crippen LogP contribution is 2.41. The van der Waals surface area contributed by atoms with Gasteiger partial charge < -0.3 is 14.8 Å². The van der Waals surface area contributed by atoms with Gasteiger partial charge in [-0.3, -0.25) is 14.6 Å². The molecular formula is C26H28N2O4. The molecule has 166 valence electrons. The van der Waals surface area contributed by atoms with E-state index in [1.807, 2.05) is 66.7 Å². The number of hydrogen-bond acceptors (Lipinski definition) is 6. The van der Waals surface area contributed by atoms with Crippen molar-refractivity contribution in [1.29, 1.82) is 0 Å². The summed E-state index contributed by atoms with van der Waals surface area (Å²) in [6.45, 7) is 3.80. The van der Waals surface area contributed by atoms with E-state index in [0.717, 1.165) is 22.5 Å². The van der Waals surface area contributed by atoms with Crippen LogP contribution in [0.1, 0.15) is 26.7 Å². The number of hydrogen-bond donors (Lipinski definition) is 1. The van der Waals surface area contributed by atoms with E-state index in [1.165, 1.54) is 0 Å². The topological polar surface area (TPSA) is 77.0 Å². The fourth-order valence-electron chi connectivity index (χ4n) is 3.57. The summed E-state index contributed by atoms with van der Waals surface area (Å²) < 4.78 is 10.6. The van der Waals surface area contributed by atoms with Gasteiger partial charge in [-0.25, -0.2) is 0 Å². The molecule has 0 unspecified atom stereocenters. The zero-order valence-corrected chi connectivity index (χ0v) is 18.4. The number of carbonyl (C=O) groups is 2. The molecule has 2 aromatic rings. The lowest BCUT2D eigenvalue weighted by Crippen LogP contribution is -2.44. The predicted molar refractivity (Wildman–Crippen MR) is 126 cm³/mol. The van der Waals surface area contributed by atoms with E-state index < -0.39 is 17.4 Å². The van der Waals surface area contributed by atoms with Crippen LogP contribution in [0.4, 0.5) is 11.4 Å². The molecule has 0 radical (unpaired) electrons. The van der Waals surface area contributed by atoms with Crippen molar-refractivity contribution in [2.45, 2.75) is 26.7 Å². The lowest BCUT2D eigenvalue weighted by molar-refractivity contribution is -0.172. The van der Waals surface area contributed by atoms with Crippen molar-refractivity contribution in [3.8, 4) is 0 Å². The second-order valence-electron chi connectivity index (χ2n) is 7.42. The third-order valence-corrected chi connectivity index (χ3v) is 5.05. The average Bonchev–Trinajstić information content (AvgIpc) is 2.83. The first-order valence-electron chi connectivity index (χ1n) is 10.7. The number of aliphatic imine (C=N–C) groups is 1. The highest BCUT2D eigenvalue weighted by Gasteiger charge is 2.51. The van der Waals surface area contributed by atoms with Gasteiger partial charge >= 0.3 is 11.9 Å². The molecule has 6 nitrogen and oxygen atoms in total. The Bertz CT molecular complexity index is 993. The quantitative estimate of drug-likeness (QED) is 0.352. The Hall–Kier alpha value is -3.67. The molecule has 0 saturated heterocycles. The van der Waals surface area contributed by atoms with Gasteiger partial charge in [0.25, 0.3) is 0 Å². The van der Waals surface area contributed by atoms with Crippen molar-refractivity contribution in [3.63, 3.8) is 0 Å². The van der Waals surface area contributed by atoms with Crippen LogP contribution >= 0.6 is 0 Å². The lowest BCUT2D eigenvalue weighted by atomic mass is 9.72. The van der Waals surface area contributed by atoms with Gasteiger partial charge in [0.2, 0.25) is 0 Å². The molecule has 0 saturated carbocycles. The first-order chi connectivity index (χ1) is 15.6. The molecule has 1 aliphatic rings. The van der Waals surface area contributed by atoms with Gasteiger partial charge in [0.1, 0.15) is 0 Å². The zero-order valence-electron chi connectivity index (χ0n) is 18.4. The minimum atomic E-state index is -1.46. The Labute approximate surface area is 188 Å². The van der Waals surface area contributed by atoms with Gasteiger partial charge in [0, 0.05) is 30.9 Å². The van der Waals surface area contributed by atoms with Crippen molar-refractivity contribution in [1.82, 2.24) is 0 Å². The monoisotopic (exact) mass is 432 g/mol. The number of carbonyl (C=O) groups excluding carboxylic acids is 2. The summed E-state index contributed by atoms with van der Waals surface area (Å²) in [4.78, 5) is 30.6. The minimum Gasteiger partial charge on any atom is -0.465 e. The lowest BCUT2D eigenvalue weighted by Gasteiger charge is -2.33. The third kappa shape index (κ3) is 5.72. The molecule has 0 aliphatic heterocycles. The van der Waals surface area contributed by atoms with Crippen LogP contribution in [0.2, 0.25) is 0 Å². The molecular weight excluding hydrogens is 404 g/mol. The van der Waals surface area contributed by atoms with Gasteiger partial charge in [-0.05, 0) is 49.3 Å². The van der Waals surface area contributed by atoms with Crippen molar-refractivity contribution in [2.24, 2.45) is 10.4 Å². The van der Waals surface area contributed by atoms with Gasteiger partial charge in [-0.15, -0.1) is 0 Å². The predicted octanol–water partition coefficient (Wildman–Crippen LogP) is 5.22. The van der Waals surface area contributed by atoms with Crippen LogP contribution in [0.25, 0.3) is 0 Å². The van der Waals surface area contributed by atoms with Crippen molar-refractivity contribution < 1.29 is 19.1 Å². The standard InChI is InChI=1S/C26H28N2O4/c1-3-31-24(29)26(25(30)32-4-2)16-20(18-27-22-11-7-5-8-12-22)15-21(17-26)19-28-23-13-9-6-10-14-23/h5-15,18-19,27H,3-4,16-17H2,1-2H3/b20-18-,28-19-. The molecule has 1 N–H and O–H groups in total. The number of benzene rings is 2. The van der Waals surface area contributed by atoms with Crippen LogP contribution in [0, 0.1) is 5.41 Å². The van der Waals surface area contributed by atoms with Crippen molar-refractivity contribution in [2.75, 3.05) is 18.5 Å². The number of anilines is 1. The average molecular weight is 433 g/mol.